The van der Waals surface area contributed by atoms with Gasteiger partial charge in [-0.25, -0.2) is 4.39 Å². The van der Waals surface area contributed by atoms with Crippen molar-refractivity contribution in [2.24, 2.45) is 0 Å². The van der Waals surface area contributed by atoms with Gasteiger partial charge in [0.2, 0.25) is 5.78 Å². The van der Waals surface area contributed by atoms with Gasteiger partial charge in [-0.3, -0.25) is 4.79 Å². The van der Waals surface area contributed by atoms with Gasteiger partial charge in [0.25, 0.3) is 0 Å². The third-order valence-electron chi connectivity index (χ3n) is 1.33. The molecule has 0 saturated carbocycles. The van der Waals surface area contributed by atoms with E-state index in [1.165, 1.54) is 12.1 Å². The molecule has 0 radical (unpaired) electrons. The Bertz CT molecular complexity index is 365. The highest BCUT2D eigenvalue weighted by atomic mass is 35.5. The maximum atomic E-state index is 12.7. The van der Waals surface area contributed by atoms with Gasteiger partial charge in [0.05, 0.1) is 10.6 Å². The summed E-state index contributed by atoms with van der Waals surface area (Å²) in [5.74, 6) is 0.607. The summed E-state index contributed by atoms with van der Waals surface area (Å²) in [4.78, 5) is 10.9. The van der Waals surface area contributed by atoms with Crippen molar-refractivity contribution in [3.8, 4) is 12.3 Å². The molecule has 0 unspecified atom stereocenters. The number of hydrogen-bond donors (Lipinski definition) is 0. The highest BCUT2D eigenvalue weighted by Gasteiger charge is 2.10. The first kappa shape index (κ1) is 8.76. The Kier molecular flexibility index (Phi) is 2.47. The number of ketones is 1. The summed E-state index contributed by atoms with van der Waals surface area (Å²) in [6.07, 6.45) is 4.84. The lowest BCUT2D eigenvalue weighted by Crippen LogP contribution is -1.96. The fourth-order valence-corrected chi connectivity index (χ4v) is 0.969. The first-order valence-corrected chi connectivity index (χ1v) is 3.49. The first-order valence-electron chi connectivity index (χ1n) is 3.11. The van der Waals surface area contributed by atoms with Crippen molar-refractivity contribution in [1.82, 2.24) is 0 Å². The number of carbonyl (C=O) groups excluding carboxylic acids is 1. The van der Waals surface area contributed by atoms with Gasteiger partial charge in [0.15, 0.2) is 0 Å². The Morgan fingerprint density at radius 3 is 2.83 bits per heavy atom. The van der Waals surface area contributed by atoms with E-state index in [2.05, 4.69) is 0 Å². The number of carbonyl (C=O) groups is 1. The molecule has 3 heteroatoms. The van der Waals surface area contributed by atoms with Crippen molar-refractivity contribution >= 4 is 17.4 Å². The standard InChI is InChI=1S/C9H4ClFO/c1-2-8(12)6-4-3-5-7(11)9(6)10/h1,3-5H. The molecule has 1 nitrogen and oxygen atoms in total. The van der Waals surface area contributed by atoms with Crippen LogP contribution in [0.5, 0.6) is 0 Å². The average Bonchev–Trinajstić information content (AvgIpc) is 2.08. The minimum atomic E-state index is -0.641. The van der Waals surface area contributed by atoms with Crippen LogP contribution >= 0.6 is 11.6 Å². The molecule has 0 amide bonds. The van der Waals surface area contributed by atoms with Crippen molar-refractivity contribution in [2.75, 3.05) is 0 Å². The smallest absolute Gasteiger partial charge is 0.237 e. The van der Waals surface area contributed by atoms with Gasteiger partial charge in [-0.1, -0.05) is 17.7 Å². The van der Waals surface area contributed by atoms with Gasteiger partial charge in [-0.15, -0.1) is 6.42 Å². The lowest BCUT2D eigenvalue weighted by Gasteiger charge is -1.97. The largest absolute Gasteiger partial charge is 0.279 e. The van der Waals surface area contributed by atoms with Gasteiger partial charge in [0, 0.05) is 0 Å². The number of Topliss-reactive ketones (excluding diaryl/α,β-unsaturated/α-hetero) is 1. The molecule has 0 heterocycles. The minimum Gasteiger partial charge on any atom is -0.279 e. The number of rotatable bonds is 1. The van der Waals surface area contributed by atoms with E-state index in [4.69, 9.17) is 18.0 Å². The van der Waals surface area contributed by atoms with Gasteiger partial charge in [-0.2, -0.15) is 0 Å². The molecule has 0 aliphatic carbocycles. The molecule has 1 rings (SSSR count). The fourth-order valence-electron chi connectivity index (χ4n) is 0.757. The highest BCUT2D eigenvalue weighted by molar-refractivity contribution is 6.35. The summed E-state index contributed by atoms with van der Waals surface area (Å²) in [5.41, 5.74) is 0.0270. The third kappa shape index (κ3) is 1.46. The Morgan fingerprint density at radius 2 is 2.25 bits per heavy atom. The number of halogens is 2. The van der Waals surface area contributed by atoms with E-state index in [1.54, 1.807) is 0 Å². The van der Waals surface area contributed by atoms with Crippen LogP contribution in [0.2, 0.25) is 5.02 Å². The van der Waals surface area contributed by atoms with Gasteiger partial charge < -0.3 is 0 Å². The zero-order valence-corrected chi connectivity index (χ0v) is 6.73. The Balaban J connectivity index is 3.28. The van der Waals surface area contributed by atoms with Crippen LogP contribution in [-0.2, 0) is 0 Å². The summed E-state index contributed by atoms with van der Waals surface area (Å²) in [5, 5.41) is -0.222. The number of benzene rings is 1. The third-order valence-corrected chi connectivity index (χ3v) is 1.71. The summed E-state index contributed by atoms with van der Waals surface area (Å²) in [6, 6.07) is 3.93. The van der Waals surface area contributed by atoms with E-state index in [-0.39, 0.29) is 10.6 Å². The van der Waals surface area contributed by atoms with Crippen LogP contribution in [-0.4, -0.2) is 5.78 Å². The van der Waals surface area contributed by atoms with Crippen LogP contribution in [0, 0.1) is 18.2 Å². The molecule has 0 N–H and O–H groups in total. The SMILES string of the molecule is C#CC(=O)c1cccc(F)c1Cl. The van der Waals surface area contributed by atoms with Gasteiger partial charge in [0.1, 0.15) is 5.82 Å². The molecule has 0 aliphatic rings. The van der Waals surface area contributed by atoms with Crippen molar-refractivity contribution in [3.05, 3.63) is 34.6 Å². The number of terminal acetylenes is 1. The second-order valence-corrected chi connectivity index (χ2v) is 2.45. The van der Waals surface area contributed by atoms with E-state index < -0.39 is 11.6 Å². The molecule has 0 aromatic heterocycles. The molecular weight excluding hydrogens is 179 g/mol. The molecule has 12 heavy (non-hydrogen) atoms. The molecule has 60 valence electrons. The van der Waals surface area contributed by atoms with Gasteiger partial charge >= 0.3 is 0 Å². The molecule has 0 atom stereocenters. The second kappa shape index (κ2) is 3.38. The molecule has 0 bridgehead atoms. The Hall–Kier alpha value is -1.33. The Morgan fingerprint density at radius 1 is 1.58 bits per heavy atom. The predicted molar refractivity (Wildman–Crippen MR) is 44.6 cm³/mol. The predicted octanol–water partition coefficient (Wildman–Crippen LogP) is 2.30. The van der Waals surface area contributed by atoms with Crippen LogP contribution in [0.1, 0.15) is 10.4 Å². The highest BCUT2D eigenvalue weighted by Crippen LogP contribution is 2.19. The molecule has 0 saturated heterocycles. The summed E-state index contributed by atoms with van der Waals surface area (Å²) >= 11 is 5.48. The maximum absolute atomic E-state index is 12.7. The van der Waals surface area contributed by atoms with Crippen LogP contribution in [0.25, 0.3) is 0 Å². The summed E-state index contributed by atoms with van der Waals surface area (Å²) in [6.45, 7) is 0. The molecule has 1 aromatic rings. The summed E-state index contributed by atoms with van der Waals surface area (Å²) in [7, 11) is 0. The quantitative estimate of drug-likeness (QED) is 0.370. The van der Waals surface area contributed by atoms with Crippen molar-refractivity contribution in [1.29, 1.82) is 0 Å². The minimum absolute atomic E-state index is 0.0270. The normalized spacial score (nSPS) is 9.08. The first-order chi connectivity index (χ1) is 5.66. The lowest BCUT2D eigenvalue weighted by atomic mass is 10.1. The zero-order valence-electron chi connectivity index (χ0n) is 5.97. The molecule has 0 spiro atoms. The second-order valence-electron chi connectivity index (χ2n) is 2.07. The zero-order chi connectivity index (χ0) is 9.14. The topological polar surface area (TPSA) is 17.1 Å². The molecule has 0 fully saturated rings. The van der Waals surface area contributed by atoms with Crippen molar-refractivity contribution < 1.29 is 9.18 Å². The fraction of sp³-hybridized carbons (Fsp3) is 0. The average molecular weight is 183 g/mol. The van der Waals surface area contributed by atoms with Crippen molar-refractivity contribution in [3.63, 3.8) is 0 Å². The van der Waals surface area contributed by atoms with Crippen LogP contribution in [0.4, 0.5) is 4.39 Å². The van der Waals surface area contributed by atoms with E-state index in [0.717, 1.165) is 6.07 Å². The van der Waals surface area contributed by atoms with Crippen LogP contribution in [0.3, 0.4) is 0 Å². The van der Waals surface area contributed by atoms with E-state index in [1.807, 2.05) is 5.92 Å². The molecule has 0 aliphatic heterocycles. The van der Waals surface area contributed by atoms with Crippen LogP contribution < -0.4 is 0 Å². The summed E-state index contributed by atoms with van der Waals surface area (Å²) < 4.78 is 12.7. The molecule has 1 aromatic carbocycles. The van der Waals surface area contributed by atoms with E-state index >= 15 is 0 Å². The van der Waals surface area contributed by atoms with E-state index in [0.29, 0.717) is 0 Å². The number of hydrogen-bond acceptors (Lipinski definition) is 1. The maximum Gasteiger partial charge on any atom is 0.237 e. The Labute approximate surface area is 74.2 Å². The van der Waals surface area contributed by atoms with Crippen LogP contribution in [0.15, 0.2) is 18.2 Å². The van der Waals surface area contributed by atoms with Gasteiger partial charge in [-0.05, 0) is 18.1 Å². The monoisotopic (exact) mass is 182 g/mol. The van der Waals surface area contributed by atoms with E-state index in [9.17, 15) is 9.18 Å². The molecular formula is C9H4ClFO. The van der Waals surface area contributed by atoms with Crippen molar-refractivity contribution in [2.45, 2.75) is 0 Å². The lowest BCUT2D eigenvalue weighted by molar-refractivity contribution is 0.105.